The molecule has 0 saturated carbocycles. The zero-order valence-electron chi connectivity index (χ0n) is 16.6. The highest BCUT2D eigenvalue weighted by atomic mass is 19.1. The van der Waals surface area contributed by atoms with E-state index in [-0.39, 0.29) is 18.2 Å². The second-order valence-electron chi connectivity index (χ2n) is 6.82. The molecule has 0 aliphatic carbocycles. The molecule has 0 aliphatic heterocycles. The van der Waals surface area contributed by atoms with Gasteiger partial charge in [-0.15, -0.1) is 0 Å². The summed E-state index contributed by atoms with van der Waals surface area (Å²) in [5, 5.41) is 6.88. The van der Waals surface area contributed by atoms with Crippen LogP contribution in [0, 0.1) is 12.7 Å². The maximum Gasteiger partial charge on any atom is 0.269 e. The van der Waals surface area contributed by atoms with Crippen molar-refractivity contribution in [2.45, 2.75) is 58.9 Å². The van der Waals surface area contributed by atoms with E-state index in [1.165, 1.54) is 30.4 Å². The summed E-state index contributed by atoms with van der Waals surface area (Å²) in [5.41, 5.74) is 1.62. The van der Waals surface area contributed by atoms with Gasteiger partial charge in [0.2, 0.25) is 0 Å². The summed E-state index contributed by atoms with van der Waals surface area (Å²) in [4.78, 5) is 12.2. The van der Waals surface area contributed by atoms with E-state index in [1.54, 1.807) is 31.3 Å². The van der Waals surface area contributed by atoms with Crippen molar-refractivity contribution in [2.75, 3.05) is 6.61 Å². The van der Waals surface area contributed by atoms with Crippen LogP contribution in [0.1, 0.15) is 67.2 Å². The fourth-order valence-electron chi connectivity index (χ4n) is 2.96. The van der Waals surface area contributed by atoms with Gasteiger partial charge in [0.15, 0.2) is 11.6 Å². The molecule has 1 aromatic carbocycles. The number of amides is 1. The van der Waals surface area contributed by atoms with E-state index in [1.807, 2.05) is 6.92 Å². The largest absolute Gasteiger partial charge is 0.491 e. The number of nitrogens with zero attached hydrogens (tertiary/aromatic N) is 2. The summed E-state index contributed by atoms with van der Waals surface area (Å²) in [7, 11) is 1.71. The minimum Gasteiger partial charge on any atom is -0.491 e. The Balaban J connectivity index is 1.83. The quantitative estimate of drug-likeness (QED) is 0.587. The lowest BCUT2D eigenvalue weighted by Crippen LogP contribution is -2.25. The second kappa shape index (κ2) is 10.7. The Bertz CT molecular complexity index is 743. The van der Waals surface area contributed by atoms with Gasteiger partial charge in [0.05, 0.1) is 12.3 Å². The van der Waals surface area contributed by atoms with Crippen LogP contribution in [0.5, 0.6) is 5.75 Å². The highest BCUT2D eigenvalue weighted by Gasteiger charge is 2.14. The van der Waals surface area contributed by atoms with Crippen molar-refractivity contribution in [3.63, 3.8) is 0 Å². The van der Waals surface area contributed by atoms with E-state index < -0.39 is 5.82 Å². The van der Waals surface area contributed by atoms with Crippen LogP contribution >= 0.6 is 0 Å². The van der Waals surface area contributed by atoms with Gasteiger partial charge in [-0.25, -0.2) is 4.39 Å². The smallest absolute Gasteiger partial charge is 0.269 e. The van der Waals surface area contributed by atoms with Gasteiger partial charge in [-0.05, 0) is 25.5 Å². The predicted molar refractivity (Wildman–Crippen MR) is 104 cm³/mol. The van der Waals surface area contributed by atoms with E-state index in [2.05, 4.69) is 17.3 Å². The van der Waals surface area contributed by atoms with Gasteiger partial charge < -0.3 is 10.1 Å². The Morgan fingerprint density at radius 2 is 1.96 bits per heavy atom. The molecule has 0 bridgehead atoms. The Morgan fingerprint density at radius 3 is 2.67 bits per heavy atom. The number of carbonyl (C=O) groups is 1. The van der Waals surface area contributed by atoms with Crippen LogP contribution in [0.15, 0.2) is 24.3 Å². The SMILES string of the molecule is CCCCCCCCOc1cccc(CNC(=O)c2cc(C)nn2C)c1F. The van der Waals surface area contributed by atoms with Crippen LogP contribution in [-0.2, 0) is 13.6 Å². The molecule has 0 unspecified atom stereocenters. The number of rotatable bonds is 11. The van der Waals surface area contributed by atoms with E-state index in [4.69, 9.17) is 4.74 Å². The Hall–Kier alpha value is -2.37. The van der Waals surface area contributed by atoms with Crippen molar-refractivity contribution in [1.82, 2.24) is 15.1 Å². The van der Waals surface area contributed by atoms with Crippen LogP contribution in [0.3, 0.4) is 0 Å². The fraction of sp³-hybridized carbons (Fsp3) is 0.524. The van der Waals surface area contributed by atoms with Gasteiger partial charge in [-0.2, -0.15) is 5.10 Å². The van der Waals surface area contributed by atoms with Crippen LogP contribution in [0.25, 0.3) is 0 Å². The summed E-state index contributed by atoms with van der Waals surface area (Å²) in [6, 6.07) is 6.73. The lowest BCUT2D eigenvalue weighted by atomic mass is 10.1. The van der Waals surface area contributed by atoms with E-state index in [0.717, 1.165) is 18.5 Å². The first kappa shape index (κ1) is 20.9. The minimum atomic E-state index is -0.412. The van der Waals surface area contributed by atoms with E-state index >= 15 is 0 Å². The third-order valence-corrected chi connectivity index (χ3v) is 4.47. The molecular weight excluding hydrogens is 345 g/mol. The summed E-state index contributed by atoms with van der Waals surface area (Å²) < 4.78 is 21.7. The number of nitrogens with one attached hydrogen (secondary N) is 1. The molecule has 0 aliphatic rings. The van der Waals surface area contributed by atoms with Crippen molar-refractivity contribution in [2.24, 2.45) is 7.05 Å². The molecule has 2 aromatic rings. The number of carbonyl (C=O) groups excluding carboxylic acids is 1. The number of benzene rings is 1. The lowest BCUT2D eigenvalue weighted by molar-refractivity contribution is 0.0941. The zero-order chi connectivity index (χ0) is 19.6. The molecule has 1 amide bonds. The summed E-state index contributed by atoms with van der Waals surface area (Å²) >= 11 is 0. The minimum absolute atomic E-state index is 0.100. The number of hydrogen-bond donors (Lipinski definition) is 1. The molecule has 0 radical (unpaired) electrons. The van der Waals surface area contributed by atoms with E-state index in [9.17, 15) is 9.18 Å². The third-order valence-electron chi connectivity index (χ3n) is 4.47. The number of unbranched alkanes of at least 4 members (excludes halogenated alkanes) is 5. The second-order valence-corrected chi connectivity index (χ2v) is 6.82. The first-order chi connectivity index (χ1) is 13.0. The molecule has 1 aromatic heterocycles. The normalized spacial score (nSPS) is 10.8. The average molecular weight is 375 g/mol. The molecule has 0 atom stereocenters. The van der Waals surface area contributed by atoms with Gasteiger partial charge >= 0.3 is 0 Å². The molecule has 1 N–H and O–H groups in total. The number of aryl methyl sites for hydroxylation is 2. The van der Waals surface area contributed by atoms with Crippen molar-refractivity contribution >= 4 is 5.91 Å². The molecule has 0 saturated heterocycles. The first-order valence-electron chi connectivity index (χ1n) is 9.72. The average Bonchev–Trinajstić information content (AvgIpc) is 2.99. The Kier molecular flexibility index (Phi) is 8.30. The van der Waals surface area contributed by atoms with Gasteiger partial charge in [-0.3, -0.25) is 9.48 Å². The number of halogens is 1. The monoisotopic (exact) mass is 375 g/mol. The van der Waals surface area contributed by atoms with Crippen molar-refractivity contribution in [1.29, 1.82) is 0 Å². The topological polar surface area (TPSA) is 56.1 Å². The number of ether oxygens (including phenoxy) is 1. The lowest BCUT2D eigenvalue weighted by Gasteiger charge is -2.11. The van der Waals surface area contributed by atoms with E-state index in [0.29, 0.717) is 17.9 Å². The molecule has 0 spiro atoms. The summed E-state index contributed by atoms with van der Waals surface area (Å²) in [6.07, 6.45) is 6.95. The zero-order valence-corrected chi connectivity index (χ0v) is 16.6. The number of hydrogen-bond acceptors (Lipinski definition) is 3. The molecule has 6 heteroatoms. The molecule has 27 heavy (non-hydrogen) atoms. The first-order valence-corrected chi connectivity index (χ1v) is 9.72. The van der Waals surface area contributed by atoms with Gasteiger partial charge in [0, 0.05) is 19.2 Å². The van der Waals surface area contributed by atoms with Gasteiger partial charge in [-0.1, -0.05) is 51.2 Å². The Morgan fingerprint density at radius 1 is 1.22 bits per heavy atom. The van der Waals surface area contributed by atoms with Crippen LogP contribution < -0.4 is 10.1 Å². The van der Waals surface area contributed by atoms with Crippen molar-refractivity contribution in [3.8, 4) is 5.75 Å². The molecular formula is C21H30FN3O2. The van der Waals surface area contributed by atoms with Crippen LogP contribution in [0.2, 0.25) is 0 Å². The number of aromatic nitrogens is 2. The highest BCUT2D eigenvalue weighted by Crippen LogP contribution is 2.21. The summed E-state index contributed by atoms with van der Waals surface area (Å²) in [6.45, 7) is 4.62. The molecule has 5 nitrogen and oxygen atoms in total. The predicted octanol–water partition coefficient (Wildman–Crippen LogP) is 4.54. The maximum absolute atomic E-state index is 14.6. The van der Waals surface area contributed by atoms with Crippen molar-refractivity contribution < 1.29 is 13.9 Å². The Labute approximate surface area is 160 Å². The van der Waals surface area contributed by atoms with Crippen LogP contribution in [-0.4, -0.2) is 22.3 Å². The molecule has 1 heterocycles. The standard InChI is InChI=1S/C21H30FN3O2/c1-4-5-6-7-8-9-13-27-19-12-10-11-17(20(19)22)15-23-21(26)18-14-16(2)24-25(18)3/h10-12,14H,4-9,13,15H2,1-3H3,(H,23,26). The van der Waals surface area contributed by atoms with Crippen LogP contribution in [0.4, 0.5) is 4.39 Å². The van der Waals surface area contributed by atoms with Gasteiger partial charge in [0.25, 0.3) is 5.91 Å². The summed E-state index contributed by atoms with van der Waals surface area (Å²) in [5.74, 6) is -0.451. The fourth-order valence-corrected chi connectivity index (χ4v) is 2.96. The molecule has 0 fully saturated rings. The molecule has 148 valence electrons. The van der Waals surface area contributed by atoms with Crippen molar-refractivity contribution in [3.05, 3.63) is 47.0 Å². The maximum atomic E-state index is 14.6. The van der Waals surface area contributed by atoms with Gasteiger partial charge in [0.1, 0.15) is 5.69 Å². The molecule has 2 rings (SSSR count). The third kappa shape index (κ3) is 6.38. The highest BCUT2D eigenvalue weighted by molar-refractivity contribution is 5.92.